The molecule has 0 radical (unpaired) electrons. The molecular formula is C17H17F2N3O3. The molecule has 8 heteroatoms. The Bertz CT molecular complexity index is 769. The topological polar surface area (TPSA) is 79.5 Å². The molecule has 0 bridgehead atoms. The van der Waals surface area contributed by atoms with Gasteiger partial charge in [-0.3, -0.25) is 4.79 Å². The van der Waals surface area contributed by atoms with Crippen molar-refractivity contribution < 1.29 is 23.1 Å². The van der Waals surface area contributed by atoms with Gasteiger partial charge in [-0.1, -0.05) is 6.07 Å². The Balaban J connectivity index is 1.75. The van der Waals surface area contributed by atoms with Crippen LogP contribution in [0.4, 0.5) is 25.0 Å². The van der Waals surface area contributed by atoms with Crippen LogP contribution in [0.15, 0.2) is 42.5 Å². The van der Waals surface area contributed by atoms with Gasteiger partial charge in [0.1, 0.15) is 12.4 Å². The standard InChI is InChI=1S/C17H17F2N3O3/c1-11(23)21-12-3-2-4-13(9-12)22-17(24)20-7-8-25-14-5-6-15(18)16(19)10-14/h2-6,9-10H,7-8H2,1H3,(H,21,23)(H2,20,22,24). The summed E-state index contributed by atoms with van der Waals surface area (Å²) in [6.07, 6.45) is 0. The van der Waals surface area contributed by atoms with E-state index in [0.717, 1.165) is 12.1 Å². The van der Waals surface area contributed by atoms with Crippen LogP contribution in [0.2, 0.25) is 0 Å². The average Bonchev–Trinajstić information content (AvgIpc) is 2.54. The van der Waals surface area contributed by atoms with E-state index in [1.807, 2.05) is 0 Å². The molecule has 3 amide bonds. The summed E-state index contributed by atoms with van der Waals surface area (Å²) in [5, 5.41) is 7.77. The van der Waals surface area contributed by atoms with Crippen LogP contribution in [-0.2, 0) is 4.79 Å². The molecule has 0 fully saturated rings. The van der Waals surface area contributed by atoms with Gasteiger partial charge in [-0.15, -0.1) is 0 Å². The predicted octanol–water partition coefficient (Wildman–Crippen LogP) is 3.12. The quantitative estimate of drug-likeness (QED) is 0.701. The highest BCUT2D eigenvalue weighted by Gasteiger charge is 2.05. The molecule has 0 heterocycles. The number of carbonyl (C=O) groups is 2. The zero-order valence-electron chi connectivity index (χ0n) is 13.4. The molecule has 0 aliphatic heterocycles. The first-order valence-corrected chi connectivity index (χ1v) is 7.44. The van der Waals surface area contributed by atoms with Crippen molar-refractivity contribution in [3.63, 3.8) is 0 Å². The van der Waals surface area contributed by atoms with Crippen LogP contribution in [0.1, 0.15) is 6.92 Å². The molecule has 0 aromatic heterocycles. The third kappa shape index (κ3) is 6.09. The predicted molar refractivity (Wildman–Crippen MR) is 89.6 cm³/mol. The summed E-state index contributed by atoms with van der Waals surface area (Å²) in [4.78, 5) is 22.8. The Kier molecular flexibility index (Phi) is 6.27. The van der Waals surface area contributed by atoms with Crippen molar-refractivity contribution in [2.45, 2.75) is 6.92 Å². The summed E-state index contributed by atoms with van der Waals surface area (Å²) in [7, 11) is 0. The lowest BCUT2D eigenvalue weighted by molar-refractivity contribution is -0.114. The molecule has 0 unspecified atom stereocenters. The minimum atomic E-state index is -0.998. The lowest BCUT2D eigenvalue weighted by Crippen LogP contribution is -2.32. The van der Waals surface area contributed by atoms with E-state index in [4.69, 9.17) is 4.74 Å². The number of nitrogens with one attached hydrogen (secondary N) is 3. The van der Waals surface area contributed by atoms with Crippen LogP contribution in [0, 0.1) is 11.6 Å². The Hall–Kier alpha value is -3.16. The van der Waals surface area contributed by atoms with Crippen LogP contribution < -0.4 is 20.7 Å². The summed E-state index contributed by atoms with van der Waals surface area (Å²) in [5.41, 5.74) is 1.07. The number of rotatable bonds is 6. The summed E-state index contributed by atoms with van der Waals surface area (Å²) in [6, 6.07) is 9.39. The third-order valence-corrected chi connectivity index (χ3v) is 2.99. The molecule has 0 atom stereocenters. The molecule has 2 aromatic carbocycles. The van der Waals surface area contributed by atoms with E-state index >= 15 is 0 Å². The maximum Gasteiger partial charge on any atom is 0.319 e. The maximum atomic E-state index is 13.0. The highest BCUT2D eigenvalue weighted by Crippen LogP contribution is 2.16. The second-order valence-electron chi connectivity index (χ2n) is 5.07. The first-order valence-electron chi connectivity index (χ1n) is 7.44. The fourth-order valence-electron chi connectivity index (χ4n) is 1.95. The van der Waals surface area contributed by atoms with Gasteiger partial charge < -0.3 is 20.7 Å². The zero-order chi connectivity index (χ0) is 18.2. The Labute approximate surface area is 143 Å². The van der Waals surface area contributed by atoms with Crippen molar-refractivity contribution >= 4 is 23.3 Å². The molecule has 0 spiro atoms. The Morgan fingerprint density at radius 1 is 1.00 bits per heavy atom. The zero-order valence-corrected chi connectivity index (χ0v) is 13.4. The number of halogens is 2. The maximum absolute atomic E-state index is 13.0. The fraction of sp³-hybridized carbons (Fsp3) is 0.176. The first kappa shape index (κ1) is 18.2. The van der Waals surface area contributed by atoms with Crippen LogP contribution in [0.25, 0.3) is 0 Å². The minimum Gasteiger partial charge on any atom is -0.492 e. The normalized spacial score (nSPS) is 10.0. The molecule has 2 rings (SSSR count). The molecule has 0 aliphatic rings. The number of hydrogen-bond donors (Lipinski definition) is 3. The molecule has 0 saturated carbocycles. The number of benzene rings is 2. The number of carbonyl (C=O) groups excluding carboxylic acids is 2. The fourth-order valence-corrected chi connectivity index (χ4v) is 1.95. The SMILES string of the molecule is CC(=O)Nc1cccc(NC(=O)NCCOc2ccc(F)c(F)c2)c1. The van der Waals surface area contributed by atoms with Gasteiger partial charge in [0, 0.05) is 24.4 Å². The third-order valence-electron chi connectivity index (χ3n) is 2.99. The number of hydrogen-bond acceptors (Lipinski definition) is 3. The van der Waals surface area contributed by atoms with Crippen molar-refractivity contribution in [1.82, 2.24) is 5.32 Å². The van der Waals surface area contributed by atoms with Gasteiger partial charge in [0.05, 0.1) is 6.54 Å². The molecule has 6 nitrogen and oxygen atoms in total. The second-order valence-corrected chi connectivity index (χ2v) is 5.07. The van der Waals surface area contributed by atoms with E-state index < -0.39 is 17.7 Å². The van der Waals surface area contributed by atoms with Crippen molar-refractivity contribution in [2.75, 3.05) is 23.8 Å². The molecule has 2 aromatic rings. The minimum absolute atomic E-state index is 0.0877. The number of anilines is 2. The van der Waals surface area contributed by atoms with E-state index in [0.29, 0.717) is 11.4 Å². The van der Waals surface area contributed by atoms with E-state index in [1.165, 1.54) is 13.0 Å². The molecule has 3 N–H and O–H groups in total. The summed E-state index contributed by atoms with van der Waals surface area (Å²) < 4.78 is 31.0. The molecule has 0 aliphatic carbocycles. The summed E-state index contributed by atoms with van der Waals surface area (Å²) >= 11 is 0. The van der Waals surface area contributed by atoms with Gasteiger partial charge in [0.2, 0.25) is 5.91 Å². The van der Waals surface area contributed by atoms with Gasteiger partial charge in [0.15, 0.2) is 11.6 Å². The number of amides is 3. The van der Waals surface area contributed by atoms with Crippen LogP contribution in [-0.4, -0.2) is 25.1 Å². The van der Waals surface area contributed by atoms with Crippen molar-refractivity contribution in [2.24, 2.45) is 0 Å². The summed E-state index contributed by atoms with van der Waals surface area (Å²) in [6.45, 7) is 1.64. The van der Waals surface area contributed by atoms with Crippen molar-refractivity contribution in [3.8, 4) is 5.75 Å². The van der Waals surface area contributed by atoms with Crippen LogP contribution in [0.5, 0.6) is 5.75 Å². The molecule has 0 saturated heterocycles. The smallest absolute Gasteiger partial charge is 0.319 e. The Morgan fingerprint density at radius 2 is 1.72 bits per heavy atom. The van der Waals surface area contributed by atoms with Crippen molar-refractivity contribution in [1.29, 1.82) is 0 Å². The van der Waals surface area contributed by atoms with Gasteiger partial charge in [-0.05, 0) is 30.3 Å². The number of urea groups is 1. The first-order chi connectivity index (χ1) is 11.9. The van der Waals surface area contributed by atoms with E-state index in [9.17, 15) is 18.4 Å². The van der Waals surface area contributed by atoms with E-state index in [1.54, 1.807) is 24.3 Å². The average molecular weight is 349 g/mol. The largest absolute Gasteiger partial charge is 0.492 e. The van der Waals surface area contributed by atoms with Gasteiger partial charge in [-0.25, -0.2) is 13.6 Å². The Morgan fingerprint density at radius 3 is 2.40 bits per heavy atom. The van der Waals surface area contributed by atoms with E-state index in [2.05, 4.69) is 16.0 Å². The van der Waals surface area contributed by atoms with Gasteiger partial charge in [0.25, 0.3) is 0 Å². The van der Waals surface area contributed by atoms with E-state index in [-0.39, 0.29) is 24.8 Å². The lowest BCUT2D eigenvalue weighted by Gasteiger charge is -2.10. The van der Waals surface area contributed by atoms with Gasteiger partial charge in [-0.2, -0.15) is 0 Å². The lowest BCUT2D eigenvalue weighted by atomic mass is 10.3. The summed E-state index contributed by atoms with van der Waals surface area (Å²) in [5.74, 6) is -1.99. The van der Waals surface area contributed by atoms with Crippen LogP contribution in [0.3, 0.4) is 0 Å². The highest BCUT2D eigenvalue weighted by molar-refractivity contribution is 5.92. The highest BCUT2D eigenvalue weighted by atomic mass is 19.2. The van der Waals surface area contributed by atoms with Crippen molar-refractivity contribution in [3.05, 3.63) is 54.1 Å². The number of ether oxygens (including phenoxy) is 1. The van der Waals surface area contributed by atoms with Crippen LogP contribution >= 0.6 is 0 Å². The van der Waals surface area contributed by atoms with Gasteiger partial charge >= 0.3 is 6.03 Å². The monoisotopic (exact) mass is 349 g/mol. The molecular weight excluding hydrogens is 332 g/mol. The second kappa shape index (κ2) is 8.62. The molecule has 25 heavy (non-hydrogen) atoms. The molecule has 132 valence electrons.